The minimum absolute atomic E-state index is 0.0869. The number of halogens is 7. The van der Waals surface area contributed by atoms with Gasteiger partial charge in [0, 0.05) is 35.2 Å². The first-order valence-electron chi connectivity index (χ1n) is 13.1. The molecule has 1 aliphatic carbocycles. The summed E-state index contributed by atoms with van der Waals surface area (Å²) in [5.74, 6) is -6.53. The molecule has 0 aromatic heterocycles. The van der Waals surface area contributed by atoms with E-state index in [1.54, 1.807) is 18.2 Å². The maximum Gasteiger partial charge on any atom is 0.493 e. The molecule has 1 amide bonds. The van der Waals surface area contributed by atoms with Gasteiger partial charge >= 0.3 is 18.1 Å². The molecule has 1 saturated heterocycles. The number of nitrogens with zero attached hydrogens (tertiary/aromatic N) is 2. The molecule has 0 spiro atoms. The maximum atomic E-state index is 15.8. The SMILES string of the molecule is C[C@@H](c1cc(Cl)cc(Cl)c1)N1CCC(F)(COc2cc(F)c(C(=O)N(OC(=O)C(F)(F)F)S(C)(=O)=O)cc2C2CC2)CC1. The molecule has 8 nitrogen and oxygen atoms in total. The molecule has 2 fully saturated rings. The van der Waals surface area contributed by atoms with Crippen LogP contribution in [-0.4, -0.2) is 67.5 Å². The summed E-state index contributed by atoms with van der Waals surface area (Å²) in [5.41, 5.74) is -1.62. The molecule has 16 heteroatoms. The minimum Gasteiger partial charge on any atom is -0.490 e. The van der Waals surface area contributed by atoms with Crippen LogP contribution in [0.3, 0.4) is 0 Å². The molecular formula is C27H27Cl2F5N2O6S. The van der Waals surface area contributed by atoms with Gasteiger partial charge in [-0.25, -0.2) is 22.0 Å². The van der Waals surface area contributed by atoms with Crippen molar-refractivity contribution in [2.24, 2.45) is 0 Å². The highest BCUT2D eigenvalue weighted by atomic mass is 35.5. The van der Waals surface area contributed by atoms with Crippen LogP contribution < -0.4 is 4.74 Å². The number of likely N-dealkylation sites (tertiary alicyclic amines) is 1. The summed E-state index contributed by atoms with van der Waals surface area (Å²) in [4.78, 5) is 29.9. The number of amides is 1. The zero-order valence-corrected chi connectivity index (χ0v) is 25.2. The molecule has 2 aromatic rings. The summed E-state index contributed by atoms with van der Waals surface area (Å²) >= 11 is 12.2. The van der Waals surface area contributed by atoms with E-state index in [0.717, 1.165) is 17.7 Å². The third-order valence-electron chi connectivity index (χ3n) is 7.31. The molecule has 4 rings (SSSR count). The van der Waals surface area contributed by atoms with E-state index in [0.29, 0.717) is 42.2 Å². The van der Waals surface area contributed by atoms with Gasteiger partial charge in [0.2, 0.25) is 0 Å². The topological polar surface area (TPSA) is 93.2 Å². The van der Waals surface area contributed by atoms with Gasteiger partial charge in [-0.15, -0.1) is 0 Å². The Morgan fingerprint density at radius 1 is 1.09 bits per heavy atom. The van der Waals surface area contributed by atoms with Gasteiger partial charge < -0.3 is 9.57 Å². The lowest BCUT2D eigenvalue weighted by molar-refractivity contribution is -0.216. The normalized spacial score (nSPS) is 18.2. The van der Waals surface area contributed by atoms with E-state index < -0.39 is 56.2 Å². The number of rotatable bonds is 8. The second-order valence-electron chi connectivity index (χ2n) is 10.7. The van der Waals surface area contributed by atoms with Crippen molar-refractivity contribution in [3.63, 3.8) is 0 Å². The Kier molecular flexibility index (Phi) is 9.56. The third kappa shape index (κ3) is 8.08. The lowest BCUT2D eigenvalue weighted by Crippen LogP contribution is -2.45. The van der Waals surface area contributed by atoms with Crippen LogP contribution in [0.25, 0.3) is 0 Å². The van der Waals surface area contributed by atoms with E-state index >= 15 is 8.78 Å². The largest absolute Gasteiger partial charge is 0.493 e. The van der Waals surface area contributed by atoms with Crippen LogP contribution in [0, 0.1) is 5.82 Å². The molecule has 0 N–H and O–H groups in total. The smallest absolute Gasteiger partial charge is 0.490 e. The Bertz CT molecular complexity index is 1490. The first-order valence-corrected chi connectivity index (χ1v) is 15.7. The summed E-state index contributed by atoms with van der Waals surface area (Å²) in [6.07, 6.45) is -3.94. The lowest BCUT2D eigenvalue weighted by atomic mass is 9.92. The van der Waals surface area contributed by atoms with Crippen molar-refractivity contribution < 1.29 is 49.5 Å². The van der Waals surface area contributed by atoms with E-state index in [1.165, 1.54) is 0 Å². The second kappa shape index (κ2) is 12.4. The van der Waals surface area contributed by atoms with Gasteiger partial charge in [-0.1, -0.05) is 27.7 Å². The molecule has 1 aliphatic heterocycles. The number of sulfonamides is 1. The van der Waals surface area contributed by atoms with Crippen LogP contribution in [0.5, 0.6) is 5.75 Å². The Balaban J connectivity index is 1.48. The van der Waals surface area contributed by atoms with Gasteiger partial charge in [0.05, 0.1) is 11.8 Å². The number of hydrogen-bond acceptors (Lipinski definition) is 7. The average molecular weight is 673 g/mol. The molecule has 236 valence electrons. The molecule has 0 bridgehead atoms. The summed E-state index contributed by atoms with van der Waals surface area (Å²) < 4.78 is 97.7. The average Bonchev–Trinajstić information content (AvgIpc) is 3.74. The summed E-state index contributed by atoms with van der Waals surface area (Å²) in [6.45, 7) is 2.26. The highest BCUT2D eigenvalue weighted by Gasteiger charge is 2.46. The molecule has 0 radical (unpaired) electrons. The van der Waals surface area contributed by atoms with Gasteiger partial charge in [-0.3, -0.25) is 9.69 Å². The number of hydrogen-bond donors (Lipinski definition) is 0. The number of hydroxylamine groups is 1. The van der Waals surface area contributed by atoms with Crippen LogP contribution in [0.2, 0.25) is 10.0 Å². The molecule has 1 atom stereocenters. The van der Waals surface area contributed by atoms with Crippen LogP contribution in [0.1, 0.15) is 66.1 Å². The molecule has 43 heavy (non-hydrogen) atoms. The zero-order chi connectivity index (χ0) is 31.9. The predicted octanol–water partition coefficient (Wildman–Crippen LogP) is 6.38. The third-order valence-corrected chi connectivity index (χ3v) is 8.59. The standard InChI is InChI=1S/C27H27Cl2F5N2O6S/c1-15(17-9-18(28)11-19(29)10-17)35-7-5-26(31,6-8-35)14-41-23-13-22(30)21(12-20(23)16-3-4-16)24(37)36(43(2,39)40)42-25(38)27(32,33)34/h9-13,15-16H,3-8,14H2,1-2H3/t15-/m0/s1. The van der Waals surface area contributed by atoms with Crippen molar-refractivity contribution in [1.82, 2.24) is 9.37 Å². The Morgan fingerprint density at radius 2 is 1.67 bits per heavy atom. The minimum atomic E-state index is -5.63. The molecule has 1 heterocycles. The highest BCUT2D eigenvalue weighted by Crippen LogP contribution is 2.46. The van der Waals surface area contributed by atoms with E-state index in [9.17, 15) is 31.2 Å². The zero-order valence-electron chi connectivity index (χ0n) is 22.9. The highest BCUT2D eigenvalue weighted by molar-refractivity contribution is 7.88. The molecular weight excluding hydrogens is 646 g/mol. The molecule has 0 unspecified atom stereocenters. The van der Waals surface area contributed by atoms with E-state index in [-0.39, 0.29) is 36.1 Å². The van der Waals surface area contributed by atoms with E-state index in [4.69, 9.17) is 27.9 Å². The number of piperidine rings is 1. The Labute approximate surface area is 254 Å². The van der Waals surface area contributed by atoms with Crippen LogP contribution in [0.15, 0.2) is 30.3 Å². The van der Waals surface area contributed by atoms with Gasteiger partial charge in [0.15, 0.2) is 0 Å². The Morgan fingerprint density at radius 3 is 2.19 bits per heavy atom. The summed E-state index contributed by atoms with van der Waals surface area (Å²) in [7, 11) is -4.90. The monoisotopic (exact) mass is 672 g/mol. The number of carbonyl (C=O) groups is 2. The van der Waals surface area contributed by atoms with Gasteiger partial charge in [-0.2, -0.15) is 13.2 Å². The van der Waals surface area contributed by atoms with Crippen molar-refractivity contribution in [2.75, 3.05) is 26.0 Å². The lowest BCUT2D eigenvalue weighted by Gasteiger charge is -2.39. The van der Waals surface area contributed by atoms with Gasteiger partial charge in [0.25, 0.3) is 10.0 Å². The quantitative estimate of drug-likeness (QED) is 0.237. The first-order chi connectivity index (χ1) is 19.9. The van der Waals surface area contributed by atoms with Crippen LogP contribution in [0.4, 0.5) is 22.0 Å². The van der Waals surface area contributed by atoms with Gasteiger partial charge in [0.1, 0.15) is 23.8 Å². The Hall–Kier alpha value is -2.68. The fraction of sp³-hybridized carbons (Fsp3) is 0.481. The number of alkyl halides is 4. The maximum absolute atomic E-state index is 15.8. The predicted molar refractivity (Wildman–Crippen MR) is 147 cm³/mol. The number of benzene rings is 2. The van der Waals surface area contributed by atoms with Crippen LogP contribution in [-0.2, 0) is 19.7 Å². The van der Waals surface area contributed by atoms with E-state index in [2.05, 4.69) is 9.74 Å². The van der Waals surface area contributed by atoms with E-state index in [1.807, 2.05) is 6.92 Å². The first kappa shape index (κ1) is 33.2. The van der Waals surface area contributed by atoms with Crippen molar-refractivity contribution in [3.8, 4) is 5.75 Å². The van der Waals surface area contributed by atoms with Crippen molar-refractivity contribution in [3.05, 3.63) is 62.9 Å². The second-order valence-corrected chi connectivity index (χ2v) is 13.3. The van der Waals surface area contributed by atoms with Crippen molar-refractivity contribution in [2.45, 2.75) is 56.4 Å². The van der Waals surface area contributed by atoms with Crippen molar-refractivity contribution >= 4 is 45.1 Å². The number of carbonyl (C=O) groups excluding carboxylic acids is 2. The molecule has 2 aromatic carbocycles. The van der Waals surface area contributed by atoms with Crippen molar-refractivity contribution in [1.29, 1.82) is 0 Å². The molecule has 2 aliphatic rings. The summed E-state index contributed by atoms with van der Waals surface area (Å²) in [6, 6.07) is 6.77. The molecule has 1 saturated carbocycles. The van der Waals surface area contributed by atoms with Gasteiger partial charge in [-0.05, 0) is 73.9 Å². The summed E-state index contributed by atoms with van der Waals surface area (Å²) in [5, 5.41) is 0.967. The fourth-order valence-corrected chi connectivity index (χ4v) is 5.90. The van der Waals surface area contributed by atoms with Crippen LogP contribution >= 0.6 is 23.2 Å². The fourth-order valence-electron chi connectivity index (χ4n) is 4.75. The number of ether oxygens (including phenoxy) is 1.